The minimum absolute atomic E-state index is 0.0606. The molecule has 1 N–H and O–H groups in total. The van der Waals surface area contributed by atoms with E-state index >= 15 is 0 Å². The van der Waals surface area contributed by atoms with Crippen molar-refractivity contribution in [3.8, 4) is 0 Å². The zero-order valence-electron chi connectivity index (χ0n) is 10.4. The third kappa shape index (κ3) is 4.14. The summed E-state index contributed by atoms with van der Waals surface area (Å²) in [5.74, 6) is 0. The van der Waals surface area contributed by atoms with E-state index in [0.717, 1.165) is 23.1 Å². The Morgan fingerprint density at radius 2 is 2.06 bits per heavy atom. The molecule has 2 nitrogen and oxygen atoms in total. The number of anilines is 1. The fraction of sp³-hybridized carbons (Fsp3) is 0.538. The summed E-state index contributed by atoms with van der Waals surface area (Å²) < 4.78 is 6.51. The van der Waals surface area contributed by atoms with Crippen molar-refractivity contribution in [1.29, 1.82) is 0 Å². The first-order valence-corrected chi connectivity index (χ1v) is 6.29. The van der Waals surface area contributed by atoms with Gasteiger partial charge in [0.2, 0.25) is 0 Å². The molecule has 0 saturated carbocycles. The van der Waals surface area contributed by atoms with Crippen LogP contribution in [0, 0.1) is 6.92 Å². The number of benzene rings is 1. The number of ether oxygens (including phenoxy) is 1. The quantitative estimate of drug-likeness (QED) is 0.883. The van der Waals surface area contributed by atoms with E-state index < -0.39 is 0 Å². The van der Waals surface area contributed by atoms with Crippen LogP contribution in [0.15, 0.2) is 22.7 Å². The van der Waals surface area contributed by atoms with Crippen molar-refractivity contribution in [3.63, 3.8) is 0 Å². The Kier molecular flexibility index (Phi) is 4.81. The fourth-order valence-electron chi connectivity index (χ4n) is 1.31. The maximum Gasteiger partial charge on any atom is 0.0639 e. The average molecular weight is 286 g/mol. The van der Waals surface area contributed by atoms with Gasteiger partial charge in [-0.2, -0.15) is 0 Å². The van der Waals surface area contributed by atoms with Gasteiger partial charge in [-0.3, -0.25) is 0 Å². The molecule has 1 aromatic rings. The lowest BCUT2D eigenvalue weighted by atomic mass is 10.1. The van der Waals surface area contributed by atoms with E-state index in [2.05, 4.69) is 60.2 Å². The van der Waals surface area contributed by atoms with Gasteiger partial charge in [0.1, 0.15) is 0 Å². The molecule has 3 heteroatoms. The van der Waals surface area contributed by atoms with E-state index in [1.807, 2.05) is 0 Å². The molecule has 1 aromatic carbocycles. The Balaban J connectivity index is 2.46. The van der Waals surface area contributed by atoms with Gasteiger partial charge in [-0.15, -0.1) is 0 Å². The first kappa shape index (κ1) is 13.5. The second kappa shape index (κ2) is 5.69. The van der Waals surface area contributed by atoms with Gasteiger partial charge in [-0.05, 0) is 44.9 Å². The molecule has 0 aliphatic rings. The van der Waals surface area contributed by atoms with Gasteiger partial charge in [-0.25, -0.2) is 0 Å². The van der Waals surface area contributed by atoms with Crippen LogP contribution in [0.3, 0.4) is 0 Å². The van der Waals surface area contributed by atoms with Crippen molar-refractivity contribution in [2.45, 2.75) is 32.8 Å². The highest BCUT2D eigenvalue weighted by atomic mass is 79.9. The molecule has 0 aliphatic heterocycles. The monoisotopic (exact) mass is 285 g/mol. The molecule has 0 radical (unpaired) electrons. The third-order valence-corrected chi connectivity index (χ3v) is 3.63. The topological polar surface area (TPSA) is 21.3 Å². The van der Waals surface area contributed by atoms with Crippen LogP contribution in [0.4, 0.5) is 5.69 Å². The summed E-state index contributed by atoms with van der Waals surface area (Å²) in [6.07, 6.45) is 0.981. The van der Waals surface area contributed by atoms with Crippen LogP contribution in [0.25, 0.3) is 0 Å². The fourth-order valence-corrected chi connectivity index (χ4v) is 1.69. The van der Waals surface area contributed by atoms with Crippen molar-refractivity contribution < 1.29 is 4.74 Å². The maximum absolute atomic E-state index is 5.37. The van der Waals surface area contributed by atoms with Gasteiger partial charge < -0.3 is 10.1 Å². The highest BCUT2D eigenvalue weighted by Crippen LogP contribution is 2.21. The highest BCUT2D eigenvalue weighted by Gasteiger charge is 2.15. The second-order valence-corrected chi connectivity index (χ2v) is 5.46. The molecule has 0 fully saturated rings. The van der Waals surface area contributed by atoms with Crippen LogP contribution >= 0.6 is 15.9 Å². The van der Waals surface area contributed by atoms with Crippen molar-refractivity contribution in [1.82, 2.24) is 0 Å². The van der Waals surface area contributed by atoms with Crippen LogP contribution in [0.2, 0.25) is 0 Å². The zero-order chi connectivity index (χ0) is 12.2. The lowest BCUT2D eigenvalue weighted by Crippen LogP contribution is -2.25. The van der Waals surface area contributed by atoms with Crippen LogP contribution in [0.1, 0.15) is 25.8 Å². The summed E-state index contributed by atoms with van der Waals surface area (Å²) in [4.78, 5) is 0. The SMILES string of the molecule is COC(C)(C)CCNc1ccc(C)c(Br)c1. The molecular weight excluding hydrogens is 266 g/mol. The molecule has 0 heterocycles. The van der Waals surface area contributed by atoms with E-state index in [9.17, 15) is 0 Å². The molecule has 0 unspecified atom stereocenters. The van der Waals surface area contributed by atoms with Gasteiger partial charge in [0.05, 0.1) is 5.60 Å². The first-order valence-electron chi connectivity index (χ1n) is 5.50. The normalized spacial score (nSPS) is 11.6. The number of hydrogen-bond donors (Lipinski definition) is 1. The standard InChI is InChI=1S/C13H20BrNO/c1-10-5-6-11(9-12(10)14)15-8-7-13(2,3)16-4/h5-6,9,15H,7-8H2,1-4H3. The van der Waals surface area contributed by atoms with E-state index in [-0.39, 0.29) is 5.60 Å². The number of halogens is 1. The number of methoxy groups -OCH3 is 1. The van der Waals surface area contributed by atoms with Crippen LogP contribution in [-0.4, -0.2) is 19.3 Å². The Morgan fingerprint density at radius 1 is 1.38 bits per heavy atom. The van der Waals surface area contributed by atoms with Gasteiger partial charge >= 0.3 is 0 Å². The Hall–Kier alpha value is -0.540. The van der Waals surface area contributed by atoms with E-state index in [1.54, 1.807) is 7.11 Å². The highest BCUT2D eigenvalue weighted by molar-refractivity contribution is 9.10. The van der Waals surface area contributed by atoms with Gasteiger partial charge in [-0.1, -0.05) is 22.0 Å². The summed E-state index contributed by atoms with van der Waals surface area (Å²) in [7, 11) is 1.75. The minimum Gasteiger partial charge on any atom is -0.385 e. The summed E-state index contributed by atoms with van der Waals surface area (Å²) in [6.45, 7) is 7.19. The average Bonchev–Trinajstić information content (AvgIpc) is 2.23. The molecule has 0 amide bonds. The molecule has 0 spiro atoms. The number of hydrogen-bond acceptors (Lipinski definition) is 2. The molecule has 1 rings (SSSR count). The second-order valence-electron chi connectivity index (χ2n) is 4.60. The summed E-state index contributed by atoms with van der Waals surface area (Å²) in [6, 6.07) is 6.31. The molecule has 0 aliphatic carbocycles. The van der Waals surface area contributed by atoms with Crippen molar-refractivity contribution in [3.05, 3.63) is 28.2 Å². The Labute approximate surface area is 107 Å². The van der Waals surface area contributed by atoms with Crippen molar-refractivity contribution in [2.75, 3.05) is 19.0 Å². The van der Waals surface area contributed by atoms with Crippen LogP contribution in [-0.2, 0) is 4.74 Å². The lowest BCUT2D eigenvalue weighted by Gasteiger charge is -2.23. The molecule has 0 atom stereocenters. The van der Waals surface area contributed by atoms with Crippen molar-refractivity contribution in [2.24, 2.45) is 0 Å². The van der Waals surface area contributed by atoms with Crippen molar-refractivity contribution >= 4 is 21.6 Å². The van der Waals surface area contributed by atoms with Crippen LogP contribution < -0.4 is 5.32 Å². The Bertz CT molecular complexity index is 350. The largest absolute Gasteiger partial charge is 0.385 e. The smallest absolute Gasteiger partial charge is 0.0639 e. The van der Waals surface area contributed by atoms with Gasteiger partial charge in [0.25, 0.3) is 0 Å². The minimum atomic E-state index is -0.0606. The maximum atomic E-state index is 5.37. The lowest BCUT2D eigenvalue weighted by molar-refractivity contribution is 0.0185. The summed E-state index contributed by atoms with van der Waals surface area (Å²) >= 11 is 3.53. The number of aryl methyl sites for hydroxylation is 1. The summed E-state index contributed by atoms with van der Waals surface area (Å²) in [5, 5.41) is 3.39. The molecular formula is C13H20BrNO. The number of nitrogens with one attached hydrogen (secondary N) is 1. The van der Waals surface area contributed by atoms with E-state index in [1.165, 1.54) is 5.56 Å². The third-order valence-electron chi connectivity index (χ3n) is 2.78. The van der Waals surface area contributed by atoms with Crippen LogP contribution in [0.5, 0.6) is 0 Å². The molecule has 0 saturated heterocycles. The zero-order valence-corrected chi connectivity index (χ0v) is 12.0. The molecule has 0 bridgehead atoms. The first-order chi connectivity index (χ1) is 7.44. The predicted molar refractivity (Wildman–Crippen MR) is 73.1 cm³/mol. The van der Waals surface area contributed by atoms with Gasteiger partial charge in [0, 0.05) is 23.8 Å². The number of rotatable bonds is 5. The molecule has 90 valence electrons. The molecule has 16 heavy (non-hydrogen) atoms. The predicted octanol–water partition coefficient (Wildman–Crippen LogP) is 3.98. The molecule has 0 aromatic heterocycles. The van der Waals surface area contributed by atoms with Gasteiger partial charge in [0.15, 0.2) is 0 Å². The van der Waals surface area contributed by atoms with E-state index in [0.29, 0.717) is 0 Å². The van der Waals surface area contributed by atoms with E-state index in [4.69, 9.17) is 4.74 Å². The summed E-state index contributed by atoms with van der Waals surface area (Å²) in [5.41, 5.74) is 2.33. The Morgan fingerprint density at radius 3 is 2.62 bits per heavy atom.